The van der Waals surface area contributed by atoms with E-state index in [9.17, 15) is 0 Å². The first-order valence-corrected chi connectivity index (χ1v) is 6.63. The van der Waals surface area contributed by atoms with Crippen molar-refractivity contribution in [2.45, 2.75) is 32.7 Å². The van der Waals surface area contributed by atoms with Gasteiger partial charge in [-0.2, -0.15) is 0 Å². The van der Waals surface area contributed by atoms with Gasteiger partial charge in [-0.3, -0.25) is 0 Å². The molecule has 0 spiro atoms. The number of hydrogen-bond acceptors (Lipinski definition) is 2. The Bertz CT molecular complexity index is 345. The van der Waals surface area contributed by atoms with Crippen LogP contribution in [0.1, 0.15) is 36.9 Å². The smallest absolute Gasteiger partial charge is 0.0469 e. The van der Waals surface area contributed by atoms with Crippen LogP contribution in [0.3, 0.4) is 0 Å². The molecule has 1 atom stereocenters. The minimum absolute atomic E-state index is 0.442. The molecular formula is C15H23NO. The fourth-order valence-electron chi connectivity index (χ4n) is 2.35. The maximum atomic E-state index is 5.38. The van der Waals surface area contributed by atoms with Crippen LogP contribution in [0.5, 0.6) is 0 Å². The molecule has 1 aromatic rings. The molecule has 1 aliphatic heterocycles. The molecule has 94 valence electrons. The molecule has 0 amide bonds. The van der Waals surface area contributed by atoms with Gasteiger partial charge in [0.15, 0.2) is 0 Å². The van der Waals surface area contributed by atoms with Crippen molar-refractivity contribution in [1.29, 1.82) is 0 Å². The lowest BCUT2D eigenvalue weighted by Gasteiger charge is -2.24. The van der Waals surface area contributed by atoms with Crippen LogP contribution >= 0.6 is 0 Å². The van der Waals surface area contributed by atoms with E-state index >= 15 is 0 Å². The molecule has 1 aromatic carbocycles. The highest BCUT2D eigenvalue weighted by molar-refractivity contribution is 5.24. The van der Waals surface area contributed by atoms with Crippen LogP contribution in [0, 0.1) is 12.8 Å². The maximum absolute atomic E-state index is 5.38. The average molecular weight is 233 g/mol. The summed E-state index contributed by atoms with van der Waals surface area (Å²) in [5.41, 5.74) is 2.72. The van der Waals surface area contributed by atoms with Gasteiger partial charge in [-0.05, 0) is 44.7 Å². The maximum Gasteiger partial charge on any atom is 0.0469 e. The molecule has 1 fully saturated rings. The highest BCUT2D eigenvalue weighted by Gasteiger charge is 2.14. The van der Waals surface area contributed by atoms with Crippen LogP contribution in [0.25, 0.3) is 0 Å². The standard InChI is InChI=1S/C15H23NO/c1-12-4-3-5-15(10-12)13(2)16-11-14-6-8-17-9-7-14/h3-5,10,13-14,16H,6-9,11H2,1-2H3/t13-/m0/s1. The molecule has 1 heterocycles. The van der Waals surface area contributed by atoms with Gasteiger partial charge in [0.05, 0.1) is 0 Å². The van der Waals surface area contributed by atoms with Crippen LogP contribution in [0.15, 0.2) is 24.3 Å². The Labute approximate surface area is 104 Å². The highest BCUT2D eigenvalue weighted by Crippen LogP contribution is 2.17. The molecule has 0 aromatic heterocycles. The Balaban J connectivity index is 1.82. The molecule has 1 N–H and O–H groups in total. The number of rotatable bonds is 4. The van der Waals surface area contributed by atoms with Crippen molar-refractivity contribution < 1.29 is 4.74 Å². The second kappa shape index (κ2) is 6.18. The minimum atomic E-state index is 0.442. The summed E-state index contributed by atoms with van der Waals surface area (Å²) in [6, 6.07) is 9.19. The third-order valence-corrected chi connectivity index (χ3v) is 3.60. The third kappa shape index (κ3) is 3.83. The van der Waals surface area contributed by atoms with Gasteiger partial charge in [0.2, 0.25) is 0 Å². The van der Waals surface area contributed by atoms with Crippen LogP contribution in [0.2, 0.25) is 0 Å². The van der Waals surface area contributed by atoms with E-state index in [1.165, 1.54) is 24.0 Å². The van der Waals surface area contributed by atoms with Crippen molar-refractivity contribution in [3.63, 3.8) is 0 Å². The van der Waals surface area contributed by atoms with E-state index in [-0.39, 0.29) is 0 Å². The Morgan fingerprint density at radius 2 is 2.12 bits per heavy atom. The molecule has 0 unspecified atom stereocenters. The Kier molecular flexibility index (Phi) is 4.57. The average Bonchev–Trinajstić information content (AvgIpc) is 2.37. The van der Waals surface area contributed by atoms with Crippen LogP contribution in [-0.2, 0) is 4.74 Å². The van der Waals surface area contributed by atoms with Gasteiger partial charge in [0, 0.05) is 19.3 Å². The number of aryl methyl sites for hydroxylation is 1. The number of nitrogens with one attached hydrogen (secondary N) is 1. The third-order valence-electron chi connectivity index (χ3n) is 3.60. The lowest BCUT2D eigenvalue weighted by molar-refractivity contribution is 0.0656. The van der Waals surface area contributed by atoms with E-state index in [1.807, 2.05) is 0 Å². The summed E-state index contributed by atoms with van der Waals surface area (Å²) in [7, 11) is 0. The van der Waals surface area contributed by atoms with Crippen molar-refractivity contribution >= 4 is 0 Å². The summed E-state index contributed by atoms with van der Waals surface area (Å²) in [5.74, 6) is 0.788. The summed E-state index contributed by atoms with van der Waals surface area (Å²) in [6.45, 7) is 7.37. The van der Waals surface area contributed by atoms with Gasteiger partial charge in [-0.25, -0.2) is 0 Å². The highest BCUT2D eigenvalue weighted by atomic mass is 16.5. The van der Waals surface area contributed by atoms with Crippen molar-refractivity contribution in [3.05, 3.63) is 35.4 Å². The fraction of sp³-hybridized carbons (Fsp3) is 0.600. The van der Waals surface area contributed by atoms with E-state index < -0.39 is 0 Å². The first kappa shape index (κ1) is 12.6. The van der Waals surface area contributed by atoms with Gasteiger partial charge in [0.1, 0.15) is 0 Å². The normalized spacial score (nSPS) is 19.2. The van der Waals surface area contributed by atoms with Gasteiger partial charge < -0.3 is 10.1 Å². The molecule has 17 heavy (non-hydrogen) atoms. The Morgan fingerprint density at radius 3 is 2.82 bits per heavy atom. The Hall–Kier alpha value is -0.860. The lowest BCUT2D eigenvalue weighted by atomic mass is 9.99. The summed E-state index contributed by atoms with van der Waals surface area (Å²) in [4.78, 5) is 0. The molecule has 0 radical (unpaired) electrons. The zero-order valence-electron chi connectivity index (χ0n) is 10.9. The molecule has 2 rings (SSSR count). The van der Waals surface area contributed by atoms with Gasteiger partial charge in [-0.15, -0.1) is 0 Å². The zero-order chi connectivity index (χ0) is 12.1. The summed E-state index contributed by atoms with van der Waals surface area (Å²) < 4.78 is 5.38. The lowest BCUT2D eigenvalue weighted by Crippen LogP contribution is -2.29. The van der Waals surface area contributed by atoms with Gasteiger partial charge >= 0.3 is 0 Å². The second-order valence-electron chi connectivity index (χ2n) is 5.10. The van der Waals surface area contributed by atoms with Crippen LogP contribution < -0.4 is 5.32 Å². The van der Waals surface area contributed by atoms with Crippen molar-refractivity contribution in [2.24, 2.45) is 5.92 Å². The fourth-order valence-corrected chi connectivity index (χ4v) is 2.35. The summed E-state index contributed by atoms with van der Waals surface area (Å²) in [6.07, 6.45) is 2.40. The van der Waals surface area contributed by atoms with E-state index in [2.05, 4.69) is 43.4 Å². The van der Waals surface area contributed by atoms with E-state index in [4.69, 9.17) is 4.74 Å². The molecule has 2 nitrogen and oxygen atoms in total. The largest absolute Gasteiger partial charge is 0.381 e. The molecule has 0 bridgehead atoms. The topological polar surface area (TPSA) is 21.3 Å². The number of benzene rings is 1. The first-order chi connectivity index (χ1) is 8.25. The van der Waals surface area contributed by atoms with Crippen LogP contribution in [-0.4, -0.2) is 19.8 Å². The Morgan fingerprint density at radius 1 is 1.35 bits per heavy atom. The number of ether oxygens (including phenoxy) is 1. The van der Waals surface area contributed by atoms with Crippen molar-refractivity contribution in [3.8, 4) is 0 Å². The molecular weight excluding hydrogens is 210 g/mol. The summed E-state index contributed by atoms with van der Waals surface area (Å²) in [5, 5.41) is 3.64. The van der Waals surface area contributed by atoms with E-state index in [0.29, 0.717) is 6.04 Å². The number of hydrogen-bond donors (Lipinski definition) is 1. The molecule has 0 aliphatic carbocycles. The summed E-state index contributed by atoms with van der Waals surface area (Å²) >= 11 is 0. The quantitative estimate of drug-likeness (QED) is 0.863. The van der Waals surface area contributed by atoms with Gasteiger partial charge in [-0.1, -0.05) is 29.8 Å². The van der Waals surface area contributed by atoms with E-state index in [0.717, 1.165) is 25.7 Å². The monoisotopic (exact) mass is 233 g/mol. The minimum Gasteiger partial charge on any atom is -0.381 e. The second-order valence-corrected chi connectivity index (χ2v) is 5.10. The molecule has 1 saturated heterocycles. The van der Waals surface area contributed by atoms with Crippen LogP contribution in [0.4, 0.5) is 0 Å². The first-order valence-electron chi connectivity index (χ1n) is 6.63. The van der Waals surface area contributed by atoms with Gasteiger partial charge in [0.25, 0.3) is 0 Å². The SMILES string of the molecule is Cc1cccc([C@H](C)NCC2CCOCC2)c1. The molecule has 0 saturated carbocycles. The molecule has 1 aliphatic rings. The zero-order valence-corrected chi connectivity index (χ0v) is 10.9. The van der Waals surface area contributed by atoms with Crippen molar-refractivity contribution in [2.75, 3.05) is 19.8 Å². The predicted octanol–water partition coefficient (Wildman–Crippen LogP) is 3.07. The molecule has 2 heteroatoms. The predicted molar refractivity (Wildman–Crippen MR) is 71.1 cm³/mol. The van der Waals surface area contributed by atoms with E-state index in [1.54, 1.807) is 0 Å². The van der Waals surface area contributed by atoms with Crippen molar-refractivity contribution in [1.82, 2.24) is 5.32 Å².